The number of carbonyl (C=O) groups excluding carboxylic acids is 4. The van der Waals surface area contributed by atoms with E-state index < -0.39 is 68.0 Å². The van der Waals surface area contributed by atoms with E-state index in [4.69, 9.17) is 9.47 Å². The van der Waals surface area contributed by atoms with E-state index in [0.717, 1.165) is 44.5 Å². The minimum atomic E-state index is -3.87. The summed E-state index contributed by atoms with van der Waals surface area (Å²) < 4.78 is 38.3. The molecule has 5 rings (SSSR count). The number of carbonyl (C=O) groups is 4. The SMILES string of the molecule is C=C[C@@H]1C[C@]1(NC(=O)[C@H](CNc1ccc(N2CCOCC2)cc1)NC(=O)[C@@H](NC(=O)OC1CCCC1)C(C)(C)C)C(=O)NS(=O)(=O)C1CC1. The molecule has 14 nitrogen and oxygen atoms in total. The molecule has 1 aromatic carbocycles. The standard InChI is InChI=1S/C34H50N6O8S/c1-5-22-20-34(22,31(43)39-49(45,46)26-14-15-26)38-29(41)27(21-35-23-10-12-24(13-11-23)40-16-18-47-19-17-40)36-30(42)28(33(2,3)4)37-32(44)48-25-8-6-7-9-25/h5,10-13,22,25-28,35H,1,6-9,14-21H2,2-4H3,(H,36,42)(H,37,44)(H,38,41)(H,39,43)/t22-,27+,28-,34-/m1/s1. The lowest BCUT2D eigenvalue weighted by atomic mass is 9.86. The zero-order valence-electron chi connectivity index (χ0n) is 28.6. The van der Waals surface area contributed by atoms with Crippen molar-refractivity contribution in [2.24, 2.45) is 11.3 Å². The number of ether oxygens (including phenoxy) is 2. The van der Waals surface area contributed by atoms with Crippen molar-refractivity contribution in [2.45, 2.75) is 94.7 Å². The molecule has 3 saturated carbocycles. The van der Waals surface area contributed by atoms with E-state index in [1.165, 1.54) is 6.08 Å². The summed E-state index contributed by atoms with van der Waals surface area (Å²) in [5.74, 6) is -2.66. The van der Waals surface area contributed by atoms with Crippen LogP contribution in [-0.2, 0) is 33.9 Å². The van der Waals surface area contributed by atoms with Gasteiger partial charge < -0.3 is 35.6 Å². The Morgan fingerprint density at radius 1 is 1.02 bits per heavy atom. The molecule has 4 amide bonds. The minimum absolute atomic E-state index is 0.0747. The second-order valence-electron chi connectivity index (χ2n) is 14.5. The van der Waals surface area contributed by atoms with E-state index in [2.05, 4.69) is 37.5 Å². The van der Waals surface area contributed by atoms with Gasteiger partial charge in [0, 0.05) is 36.9 Å². The highest BCUT2D eigenvalue weighted by Crippen LogP contribution is 2.45. The molecule has 15 heteroatoms. The Bertz CT molecular complexity index is 1500. The zero-order chi connectivity index (χ0) is 35.4. The zero-order valence-corrected chi connectivity index (χ0v) is 29.4. The van der Waals surface area contributed by atoms with Crippen LogP contribution in [0.5, 0.6) is 0 Å². The number of sulfonamides is 1. The molecule has 1 saturated heterocycles. The number of alkyl carbamates (subject to hydrolysis) is 1. The number of nitrogens with zero attached hydrogens (tertiary/aromatic N) is 1. The smallest absolute Gasteiger partial charge is 0.408 e. The number of hydrogen-bond acceptors (Lipinski definition) is 10. The van der Waals surface area contributed by atoms with Crippen LogP contribution in [0.3, 0.4) is 0 Å². The van der Waals surface area contributed by atoms with E-state index in [9.17, 15) is 27.6 Å². The summed E-state index contributed by atoms with van der Waals surface area (Å²) in [7, 11) is -3.87. The van der Waals surface area contributed by atoms with Crippen molar-refractivity contribution in [3.8, 4) is 0 Å². The molecule has 0 bridgehead atoms. The molecule has 270 valence electrons. The fraction of sp³-hybridized carbons (Fsp3) is 0.647. The maximum atomic E-state index is 14.0. The van der Waals surface area contributed by atoms with Gasteiger partial charge >= 0.3 is 6.09 Å². The number of nitrogens with one attached hydrogen (secondary N) is 5. The van der Waals surface area contributed by atoms with Crippen LogP contribution < -0.4 is 30.9 Å². The van der Waals surface area contributed by atoms with Crippen molar-refractivity contribution >= 4 is 45.2 Å². The number of rotatable bonds is 14. The van der Waals surface area contributed by atoms with Gasteiger partial charge in [-0.2, -0.15) is 0 Å². The first-order chi connectivity index (χ1) is 23.2. The van der Waals surface area contributed by atoms with Gasteiger partial charge in [-0.05, 0) is 74.6 Å². The highest BCUT2D eigenvalue weighted by atomic mass is 32.2. The first-order valence-electron chi connectivity index (χ1n) is 17.2. The molecule has 49 heavy (non-hydrogen) atoms. The van der Waals surface area contributed by atoms with Gasteiger partial charge in [0.15, 0.2) is 0 Å². The first-order valence-corrected chi connectivity index (χ1v) is 18.7. The second kappa shape index (κ2) is 15.0. The van der Waals surface area contributed by atoms with Crippen LogP contribution in [0.4, 0.5) is 16.2 Å². The van der Waals surface area contributed by atoms with E-state index in [1.807, 2.05) is 24.3 Å². The third-order valence-corrected chi connectivity index (χ3v) is 11.4. The molecule has 4 aliphatic rings. The van der Waals surface area contributed by atoms with Crippen molar-refractivity contribution < 1.29 is 37.1 Å². The summed E-state index contributed by atoms with van der Waals surface area (Å²) in [4.78, 5) is 56.2. The van der Waals surface area contributed by atoms with Gasteiger partial charge in [0.25, 0.3) is 5.91 Å². The van der Waals surface area contributed by atoms with Crippen molar-refractivity contribution in [3.05, 3.63) is 36.9 Å². The lowest BCUT2D eigenvalue weighted by Gasteiger charge is -2.32. The highest BCUT2D eigenvalue weighted by Gasteiger charge is 2.61. The van der Waals surface area contributed by atoms with Crippen LogP contribution in [0.1, 0.15) is 65.7 Å². The summed E-state index contributed by atoms with van der Waals surface area (Å²) in [5, 5.41) is 10.8. The Hall–Kier alpha value is -3.85. The van der Waals surface area contributed by atoms with Crippen molar-refractivity contribution in [2.75, 3.05) is 43.1 Å². The number of morpholine rings is 1. The normalized spacial score (nSPS) is 23.8. The Balaban J connectivity index is 1.32. The minimum Gasteiger partial charge on any atom is -0.446 e. The van der Waals surface area contributed by atoms with Gasteiger partial charge in [-0.3, -0.25) is 19.1 Å². The lowest BCUT2D eigenvalue weighted by molar-refractivity contribution is -0.133. The fourth-order valence-electron chi connectivity index (χ4n) is 6.30. The molecule has 1 heterocycles. The molecule has 4 atom stereocenters. The first kappa shape index (κ1) is 36.4. The number of anilines is 2. The van der Waals surface area contributed by atoms with Crippen LogP contribution in [0.25, 0.3) is 0 Å². The van der Waals surface area contributed by atoms with Crippen molar-refractivity contribution in [3.63, 3.8) is 0 Å². The maximum Gasteiger partial charge on any atom is 0.408 e. The van der Waals surface area contributed by atoms with E-state index >= 15 is 0 Å². The summed E-state index contributed by atoms with van der Waals surface area (Å²) in [5.41, 5.74) is -0.576. The van der Waals surface area contributed by atoms with E-state index in [-0.39, 0.29) is 19.1 Å². The Morgan fingerprint density at radius 2 is 1.67 bits per heavy atom. The molecular weight excluding hydrogens is 652 g/mol. The van der Waals surface area contributed by atoms with Crippen LogP contribution in [0, 0.1) is 11.3 Å². The van der Waals surface area contributed by atoms with Gasteiger partial charge in [0.2, 0.25) is 21.8 Å². The molecular formula is C34H50N6O8S. The summed E-state index contributed by atoms with van der Waals surface area (Å²) in [6.07, 6.45) is 5.16. The van der Waals surface area contributed by atoms with Gasteiger partial charge in [-0.15, -0.1) is 6.58 Å². The molecule has 0 aromatic heterocycles. The molecule has 0 spiro atoms. The van der Waals surface area contributed by atoms with E-state index in [0.29, 0.717) is 31.7 Å². The second-order valence-corrected chi connectivity index (χ2v) is 16.5. The number of amides is 4. The van der Waals surface area contributed by atoms with Gasteiger partial charge in [-0.25, -0.2) is 13.2 Å². The third-order valence-electron chi connectivity index (χ3n) is 9.60. The predicted molar refractivity (Wildman–Crippen MR) is 184 cm³/mol. The van der Waals surface area contributed by atoms with Crippen LogP contribution >= 0.6 is 0 Å². The third kappa shape index (κ3) is 9.24. The quantitative estimate of drug-likeness (QED) is 0.180. The molecule has 5 N–H and O–H groups in total. The Kier molecular flexibility index (Phi) is 11.1. The topological polar surface area (TPSA) is 184 Å². The summed E-state index contributed by atoms with van der Waals surface area (Å²) >= 11 is 0. The molecule has 1 aromatic rings. The van der Waals surface area contributed by atoms with Crippen molar-refractivity contribution in [1.82, 2.24) is 20.7 Å². The molecule has 0 unspecified atom stereocenters. The highest BCUT2D eigenvalue weighted by molar-refractivity contribution is 7.91. The van der Waals surface area contributed by atoms with Crippen molar-refractivity contribution in [1.29, 1.82) is 0 Å². The fourth-order valence-corrected chi connectivity index (χ4v) is 7.67. The Morgan fingerprint density at radius 3 is 2.24 bits per heavy atom. The average Bonchev–Trinajstić information content (AvgIpc) is 3.98. The lowest BCUT2D eigenvalue weighted by Crippen LogP contribution is -2.62. The average molecular weight is 703 g/mol. The number of hydrogen-bond donors (Lipinski definition) is 5. The molecule has 3 aliphatic carbocycles. The molecule has 1 aliphatic heterocycles. The van der Waals surface area contributed by atoms with Crippen LogP contribution in [0.15, 0.2) is 36.9 Å². The van der Waals surface area contributed by atoms with Gasteiger partial charge in [0.05, 0.1) is 18.5 Å². The van der Waals surface area contributed by atoms with E-state index in [1.54, 1.807) is 20.8 Å². The summed E-state index contributed by atoms with van der Waals surface area (Å²) in [6.45, 7) is 11.9. The van der Waals surface area contributed by atoms with Crippen LogP contribution in [0.2, 0.25) is 0 Å². The predicted octanol–water partition coefficient (Wildman–Crippen LogP) is 2.17. The molecule has 4 fully saturated rings. The summed E-state index contributed by atoms with van der Waals surface area (Å²) in [6, 6.07) is 5.36. The van der Waals surface area contributed by atoms with Gasteiger partial charge in [0.1, 0.15) is 23.7 Å². The Labute approximate surface area is 288 Å². The monoisotopic (exact) mass is 702 g/mol. The number of benzene rings is 1. The van der Waals surface area contributed by atoms with Crippen LogP contribution in [-0.4, -0.2) is 94.1 Å². The van der Waals surface area contributed by atoms with Gasteiger partial charge in [-0.1, -0.05) is 26.8 Å². The largest absolute Gasteiger partial charge is 0.446 e. The maximum absolute atomic E-state index is 14.0. The molecule has 0 radical (unpaired) electrons.